The SMILES string of the molecule is CC(C)[C@@H](c1ccc(F)cc1)N1C(=O)[C@H]2C[C@@H]1CN2C[C@H](N)C(=O)N1C2C[C@H]2C[C@H]1C#N. The molecule has 1 saturated carbocycles. The third kappa shape index (κ3) is 3.39. The van der Waals surface area contributed by atoms with Crippen molar-refractivity contribution in [1.29, 1.82) is 5.26 Å². The van der Waals surface area contributed by atoms with Crippen LogP contribution in [0.4, 0.5) is 4.39 Å². The summed E-state index contributed by atoms with van der Waals surface area (Å²) in [4.78, 5) is 32.1. The van der Waals surface area contributed by atoms with Crippen LogP contribution < -0.4 is 5.73 Å². The summed E-state index contributed by atoms with van der Waals surface area (Å²) >= 11 is 0. The minimum atomic E-state index is -0.733. The maximum atomic E-state index is 13.4. The van der Waals surface area contributed by atoms with E-state index in [9.17, 15) is 19.2 Å². The van der Waals surface area contributed by atoms with Gasteiger partial charge < -0.3 is 15.5 Å². The van der Waals surface area contributed by atoms with Crippen molar-refractivity contribution in [2.24, 2.45) is 17.6 Å². The van der Waals surface area contributed by atoms with E-state index >= 15 is 0 Å². The van der Waals surface area contributed by atoms with Crippen LogP contribution in [-0.4, -0.2) is 69.8 Å². The quantitative estimate of drug-likeness (QED) is 0.728. The zero-order valence-electron chi connectivity index (χ0n) is 18.5. The lowest BCUT2D eigenvalue weighted by Gasteiger charge is -2.41. The smallest absolute Gasteiger partial charge is 0.242 e. The molecule has 3 aliphatic heterocycles. The normalized spacial score (nSPS) is 32.9. The summed E-state index contributed by atoms with van der Waals surface area (Å²) in [5.74, 6) is 0.241. The van der Waals surface area contributed by atoms with Crippen molar-refractivity contribution in [3.63, 3.8) is 0 Å². The van der Waals surface area contributed by atoms with E-state index in [1.54, 1.807) is 17.0 Å². The van der Waals surface area contributed by atoms with Crippen LogP contribution >= 0.6 is 0 Å². The lowest BCUT2D eigenvalue weighted by atomic mass is 9.93. The second-order valence-corrected chi connectivity index (χ2v) is 10.1. The number of amides is 2. The summed E-state index contributed by atoms with van der Waals surface area (Å²) in [5.41, 5.74) is 7.24. The van der Waals surface area contributed by atoms with E-state index in [-0.39, 0.29) is 53.8 Å². The highest BCUT2D eigenvalue weighted by atomic mass is 19.1. The first-order chi connectivity index (χ1) is 15.3. The molecular weight excluding hydrogens is 409 g/mol. The highest BCUT2D eigenvalue weighted by Gasteiger charge is 2.56. The number of piperidine rings is 1. The van der Waals surface area contributed by atoms with E-state index in [2.05, 4.69) is 19.9 Å². The molecule has 0 spiro atoms. The number of hydrogen-bond acceptors (Lipinski definition) is 5. The Morgan fingerprint density at radius 2 is 1.97 bits per heavy atom. The molecule has 8 heteroatoms. The van der Waals surface area contributed by atoms with Gasteiger partial charge in [-0.05, 0) is 48.8 Å². The van der Waals surface area contributed by atoms with Crippen LogP contribution in [0.25, 0.3) is 0 Å². The molecule has 4 fully saturated rings. The molecule has 3 saturated heterocycles. The fraction of sp³-hybridized carbons (Fsp3) is 0.625. The van der Waals surface area contributed by atoms with Crippen LogP contribution in [0.15, 0.2) is 24.3 Å². The van der Waals surface area contributed by atoms with E-state index in [4.69, 9.17) is 5.73 Å². The molecule has 1 aromatic carbocycles. The number of rotatable bonds is 6. The summed E-state index contributed by atoms with van der Waals surface area (Å²) in [6.45, 7) is 5.16. The number of carbonyl (C=O) groups excluding carboxylic acids is 2. The molecule has 5 rings (SSSR count). The number of nitrogens with two attached hydrogens (primary N) is 1. The molecule has 7 nitrogen and oxygen atoms in total. The van der Waals surface area contributed by atoms with Gasteiger partial charge in [-0.25, -0.2) is 4.39 Å². The van der Waals surface area contributed by atoms with E-state index in [0.29, 0.717) is 19.0 Å². The Morgan fingerprint density at radius 3 is 2.59 bits per heavy atom. The Hall–Kier alpha value is -2.50. The van der Waals surface area contributed by atoms with E-state index in [0.717, 1.165) is 24.8 Å². The van der Waals surface area contributed by atoms with Crippen molar-refractivity contribution in [2.75, 3.05) is 13.1 Å². The number of benzene rings is 1. The highest BCUT2D eigenvalue weighted by Crippen LogP contribution is 2.48. The Balaban J connectivity index is 1.27. The maximum absolute atomic E-state index is 13.4. The van der Waals surface area contributed by atoms with Gasteiger partial charge in [0.15, 0.2) is 0 Å². The summed E-state index contributed by atoms with van der Waals surface area (Å²) in [7, 11) is 0. The maximum Gasteiger partial charge on any atom is 0.242 e. The second-order valence-electron chi connectivity index (χ2n) is 10.1. The monoisotopic (exact) mass is 439 g/mol. The highest BCUT2D eigenvalue weighted by molar-refractivity contribution is 5.87. The standard InChI is InChI=1S/C24H30FN5O2/c1-13(2)22(14-3-5-16(25)6-4-14)30-18-9-21(24(30)32)28(11-18)12-19(27)23(31)29-17(10-26)7-15-8-20(15)29/h3-6,13,15,17-22H,7-9,11-12,27H2,1-2H3/t15-,17+,18-,19+,20?,21-,22+/m1/s1. The van der Waals surface area contributed by atoms with Crippen LogP contribution in [0, 0.1) is 29.0 Å². The third-order valence-electron chi connectivity index (χ3n) is 7.71. The Bertz CT molecular complexity index is 960. The van der Waals surface area contributed by atoms with Gasteiger partial charge in [0.25, 0.3) is 0 Å². The van der Waals surface area contributed by atoms with Gasteiger partial charge in [-0.1, -0.05) is 26.0 Å². The fourth-order valence-corrected chi connectivity index (χ4v) is 6.19. The average molecular weight is 440 g/mol. The molecular formula is C24H30FN5O2. The summed E-state index contributed by atoms with van der Waals surface area (Å²) in [6.07, 6.45) is 2.44. The molecule has 32 heavy (non-hydrogen) atoms. The Kier molecular flexibility index (Phi) is 5.22. The molecule has 0 aromatic heterocycles. The van der Waals surface area contributed by atoms with Crippen LogP contribution in [0.5, 0.6) is 0 Å². The lowest BCUT2D eigenvalue weighted by molar-refractivity contribution is -0.142. The number of piperazine rings is 1. The van der Waals surface area contributed by atoms with Gasteiger partial charge in [-0.3, -0.25) is 14.5 Å². The van der Waals surface area contributed by atoms with Gasteiger partial charge in [-0.2, -0.15) is 5.26 Å². The predicted octanol–water partition coefficient (Wildman–Crippen LogP) is 1.65. The number of hydrogen-bond donors (Lipinski definition) is 1. The van der Waals surface area contributed by atoms with Crippen molar-refractivity contribution in [3.8, 4) is 6.07 Å². The summed E-state index contributed by atoms with van der Waals surface area (Å²) < 4.78 is 13.4. The van der Waals surface area contributed by atoms with Gasteiger partial charge in [0.2, 0.25) is 11.8 Å². The first-order valence-corrected chi connectivity index (χ1v) is 11.6. The Morgan fingerprint density at radius 1 is 1.25 bits per heavy atom. The minimum Gasteiger partial charge on any atom is -0.330 e. The molecule has 3 heterocycles. The van der Waals surface area contributed by atoms with Crippen LogP contribution in [0.1, 0.15) is 44.7 Å². The topological polar surface area (TPSA) is 93.7 Å². The third-order valence-corrected chi connectivity index (χ3v) is 7.71. The predicted molar refractivity (Wildman–Crippen MR) is 115 cm³/mol. The molecule has 0 radical (unpaired) electrons. The molecule has 2 amide bonds. The lowest BCUT2D eigenvalue weighted by Crippen LogP contribution is -2.57. The zero-order chi connectivity index (χ0) is 22.7. The van der Waals surface area contributed by atoms with E-state index in [1.165, 1.54) is 12.1 Å². The van der Waals surface area contributed by atoms with Crippen molar-refractivity contribution in [3.05, 3.63) is 35.6 Å². The van der Waals surface area contributed by atoms with Crippen LogP contribution in [0.3, 0.4) is 0 Å². The van der Waals surface area contributed by atoms with E-state index < -0.39 is 6.04 Å². The first-order valence-electron chi connectivity index (χ1n) is 11.6. The number of nitriles is 1. The zero-order valence-corrected chi connectivity index (χ0v) is 18.5. The van der Waals surface area contributed by atoms with Crippen molar-refractivity contribution < 1.29 is 14.0 Å². The van der Waals surface area contributed by atoms with Gasteiger partial charge in [-0.15, -0.1) is 0 Å². The second kappa shape index (κ2) is 7.82. The Labute approximate surface area is 187 Å². The molecule has 1 aromatic rings. The van der Waals surface area contributed by atoms with Crippen LogP contribution in [0.2, 0.25) is 0 Å². The molecule has 1 aliphatic carbocycles. The number of fused-ring (bicyclic) bond motifs is 3. The summed E-state index contributed by atoms with van der Waals surface area (Å²) in [5, 5.41) is 9.38. The molecule has 4 aliphatic rings. The van der Waals surface area contributed by atoms with Gasteiger partial charge in [0, 0.05) is 25.2 Å². The van der Waals surface area contributed by atoms with Crippen molar-refractivity contribution in [1.82, 2.24) is 14.7 Å². The molecule has 7 atom stereocenters. The van der Waals surface area contributed by atoms with Gasteiger partial charge in [0.05, 0.1) is 24.2 Å². The number of nitrogens with zero attached hydrogens (tertiary/aromatic N) is 4. The molecule has 1 unspecified atom stereocenters. The van der Waals surface area contributed by atoms with Crippen LogP contribution in [-0.2, 0) is 9.59 Å². The minimum absolute atomic E-state index is 0.0544. The van der Waals surface area contributed by atoms with Crippen molar-refractivity contribution in [2.45, 2.75) is 69.4 Å². The average Bonchev–Trinajstić information content (AvgIpc) is 3.10. The van der Waals surface area contributed by atoms with Gasteiger partial charge in [0.1, 0.15) is 11.9 Å². The van der Waals surface area contributed by atoms with Crippen molar-refractivity contribution >= 4 is 11.8 Å². The number of halogens is 1. The number of likely N-dealkylation sites (tertiary alicyclic amines) is 3. The largest absolute Gasteiger partial charge is 0.330 e. The fourth-order valence-electron chi connectivity index (χ4n) is 6.19. The summed E-state index contributed by atoms with van der Waals surface area (Å²) in [6, 6.07) is 7.39. The molecule has 2 bridgehead atoms. The first kappa shape index (κ1) is 21.4. The van der Waals surface area contributed by atoms with E-state index in [1.807, 2.05) is 9.80 Å². The molecule has 170 valence electrons. The van der Waals surface area contributed by atoms with Gasteiger partial charge >= 0.3 is 0 Å². The number of carbonyl (C=O) groups is 2. The molecule has 2 N–H and O–H groups in total.